The molecule has 1 aliphatic carbocycles. The van der Waals surface area contributed by atoms with E-state index >= 15 is 0 Å². The Labute approximate surface area is 130 Å². The molecule has 1 amide bonds. The van der Waals surface area contributed by atoms with E-state index in [9.17, 15) is 4.79 Å². The van der Waals surface area contributed by atoms with Crippen LogP contribution in [0.2, 0.25) is 0 Å². The molecule has 4 nitrogen and oxygen atoms in total. The lowest BCUT2D eigenvalue weighted by atomic mass is 9.91. The van der Waals surface area contributed by atoms with Gasteiger partial charge in [0.25, 0.3) is 0 Å². The first-order valence-electron chi connectivity index (χ1n) is 8.84. The van der Waals surface area contributed by atoms with Gasteiger partial charge in [-0.05, 0) is 77.2 Å². The van der Waals surface area contributed by atoms with E-state index in [-0.39, 0.29) is 0 Å². The second-order valence-corrected chi connectivity index (χ2v) is 6.95. The van der Waals surface area contributed by atoms with Gasteiger partial charge in [0.1, 0.15) is 0 Å². The fourth-order valence-electron chi connectivity index (χ4n) is 3.77. The molecule has 1 heterocycles. The van der Waals surface area contributed by atoms with E-state index in [1.165, 1.54) is 19.3 Å². The van der Waals surface area contributed by atoms with E-state index in [0.717, 1.165) is 45.6 Å². The molecule has 2 rings (SSSR count). The number of hydrogen-bond donors (Lipinski definition) is 2. The third-order valence-electron chi connectivity index (χ3n) is 5.50. The van der Waals surface area contributed by atoms with Gasteiger partial charge in [0.2, 0.25) is 5.91 Å². The maximum atomic E-state index is 12.4. The van der Waals surface area contributed by atoms with Crippen molar-refractivity contribution < 1.29 is 4.79 Å². The van der Waals surface area contributed by atoms with Crippen molar-refractivity contribution in [3.63, 3.8) is 0 Å². The highest BCUT2D eigenvalue weighted by molar-refractivity contribution is 5.82. The first kappa shape index (κ1) is 16.8. The molecule has 1 saturated carbocycles. The van der Waals surface area contributed by atoms with Crippen LogP contribution in [0.3, 0.4) is 0 Å². The van der Waals surface area contributed by atoms with Crippen LogP contribution in [0.5, 0.6) is 0 Å². The molecule has 4 heteroatoms. The van der Waals surface area contributed by atoms with Crippen LogP contribution < -0.4 is 10.6 Å². The fourth-order valence-corrected chi connectivity index (χ4v) is 3.77. The molecule has 2 unspecified atom stereocenters. The molecule has 0 bridgehead atoms. The second-order valence-electron chi connectivity index (χ2n) is 6.95. The summed E-state index contributed by atoms with van der Waals surface area (Å²) in [7, 11) is 0. The van der Waals surface area contributed by atoms with Crippen molar-refractivity contribution in [2.24, 2.45) is 11.3 Å². The summed E-state index contributed by atoms with van der Waals surface area (Å²) in [4.78, 5) is 14.8. The number of carbonyl (C=O) groups excluding carboxylic acids is 1. The highest BCUT2D eigenvalue weighted by atomic mass is 16.2. The molecule has 0 aromatic heterocycles. The van der Waals surface area contributed by atoms with Gasteiger partial charge in [0.05, 0.1) is 0 Å². The summed E-state index contributed by atoms with van der Waals surface area (Å²) in [6, 6.07) is 0.312. The van der Waals surface area contributed by atoms with E-state index < -0.39 is 0 Å². The lowest BCUT2D eigenvalue weighted by molar-refractivity contribution is -0.123. The Balaban J connectivity index is 1.64. The SMILES string of the molecule is CCN(CC)CCCC(C)NC(=O)C1CC12CCNCC2. The van der Waals surface area contributed by atoms with Crippen LogP contribution in [0.1, 0.15) is 52.9 Å². The van der Waals surface area contributed by atoms with Gasteiger partial charge in [-0.25, -0.2) is 0 Å². The highest BCUT2D eigenvalue weighted by Gasteiger charge is 2.57. The van der Waals surface area contributed by atoms with E-state index in [2.05, 4.69) is 36.3 Å². The number of nitrogens with zero attached hydrogens (tertiary/aromatic N) is 1. The normalized spacial score (nSPS) is 25.0. The summed E-state index contributed by atoms with van der Waals surface area (Å²) < 4.78 is 0. The Morgan fingerprint density at radius 2 is 2.00 bits per heavy atom. The molecule has 2 fully saturated rings. The highest BCUT2D eigenvalue weighted by Crippen LogP contribution is 2.58. The molecular weight excluding hydrogens is 262 g/mol. The zero-order chi connectivity index (χ0) is 15.3. The van der Waals surface area contributed by atoms with Crippen LogP contribution in [0.25, 0.3) is 0 Å². The van der Waals surface area contributed by atoms with Crippen molar-refractivity contribution in [1.82, 2.24) is 15.5 Å². The first-order chi connectivity index (χ1) is 10.1. The minimum absolute atomic E-state index is 0.296. The lowest BCUT2D eigenvalue weighted by Crippen LogP contribution is -2.37. The molecule has 1 spiro atoms. The molecule has 0 aromatic rings. The minimum atomic E-state index is 0.296. The Bertz CT molecular complexity index is 335. The van der Waals surface area contributed by atoms with E-state index in [1.807, 2.05) is 0 Å². The molecule has 2 atom stereocenters. The van der Waals surface area contributed by atoms with Gasteiger partial charge < -0.3 is 15.5 Å². The van der Waals surface area contributed by atoms with Gasteiger partial charge in [-0.2, -0.15) is 0 Å². The van der Waals surface area contributed by atoms with Crippen molar-refractivity contribution in [3.05, 3.63) is 0 Å². The van der Waals surface area contributed by atoms with E-state index in [4.69, 9.17) is 0 Å². The standard InChI is InChI=1S/C17H33N3O/c1-4-20(5-2)12-6-7-14(3)19-16(21)15-13-17(15)8-10-18-11-9-17/h14-15,18H,4-13H2,1-3H3,(H,19,21). The van der Waals surface area contributed by atoms with Crippen LogP contribution >= 0.6 is 0 Å². The number of hydrogen-bond acceptors (Lipinski definition) is 3. The first-order valence-corrected chi connectivity index (χ1v) is 8.84. The number of rotatable bonds is 8. The third kappa shape index (κ3) is 4.43. The molecule has 0 radical (unpaired) electrons. The predicted octanol–water partition coefficient (Wildman–Crippen LogP) is 2.00. The molecule has 2 aliphatic rings. The quantitative estimate of drug-likeness (QED) is 0.720. The maximum absolute atomic E-state index is 12.4. The molecular formula is C17H33N3O. The molecule has 1 aliphatic heterocycles. The zero-order valence-electron chi connectivity index (χ0n) is 14.1. The van der Waals surface area contributed by atoms with Gasteiger partial charge in [-0.15, -0.1) is 0 Å². The molecule has 21 heavy (non-hydrogen) atoms. The number of piperidine rings is 1. The summed E-state index contributed by atoms with van der Waals surface area (Å²) in [5, 5.41) is 6.64. The minimum Gasteiger partial charge on any atom is -0.353 e. The van der Waals surface area contributed by atoms with Crippen molar-refractivity contribution in [1.29, 1.82) is 0 Å². The Kier molecular flexibility index (Phi) is 6.06. The van der Waals surface area contributed by atoms with Crippen LogP contribution in [-0.2, 0) is 4.79 Å². The summed E-state index contributed by atoms with van der Waals surface area (Å²) in [6.45, 7) is 12.1. The molecule has 0 aromatic carbocycles. The summed E-state index contributed by atoms with van der Waals surface area (Å²) in [5.41, 5.74) is 0.357. The van der Waals surface area contributed by atoms with Gasteiger partial charge >= 0.3 is 0 Å². The van der Waals surface area contributed by atoms with Crippen LogP contribution in [-0.4, -0.2) is 49.6 Å². The van der Waals surface area contributed by atoms with Crippen molar-refractivity contribution in [2.45, 2.75) is 58.9 Å². The van der Waals surface area contributed by atoms with Gasteiger partial charge in [0.15, 0.2) is 0 Å². The summed E-state index contributed by atoms with van der Waals surface area (Å²) in [6.07, 6.45) is 5.74. The van der Waals surface area contributed by atoms with E-state index in [1.54, 1.807) is 0 Å². The molecule has 1 saturated heterocycles. The maximum Gasteiger partial charge on any atom is 0.223 e. The number of carbonyl (C=O) groups is 1. The Hall–Kier alpha value is -0.610. The number of nitrogens with one attached hydrogen (secondary N) is 2. The van der Waals surface area contributed by atoms with Crippen LogP contribution in [0, 0.1) is 11.3 Å². The Morgan fingerprint density at radius 1 is 1.33 bits per heavy atom. The average Bonchev–Trinajstić information content (AvgIpc) is 3.18. The molecule has 122 valence electrons. The second kappa shape index (κ2) is 7.59. The van der Waals surface area contributed by atoms with Crippen molar-refractivity contribution in [3.8, 4) is 0 Å². The largest absolute Gasteiger partial charge is 0.353 e. The average molecular weight is 295 g/mol. The lowest BCUT2D eigenvalue weighted by Gasteiger charge is -2.24. The van der Waals surface area contributed by atoms with Gasteiger partial charge in [-0.1, -0.05) is 13.8 Å². The summed E-state index contributed by atoms with van der Waals surface area (Å²) >= 11 is 0. The van der Waals surface area contributed by atoms with Gasteiger partial charge in [0, 0.05) is 12.0 Å². The van der Waals surface area contributed by atoms with Crippen LogP contribution in [0.4, 0.5) is 0 Å². The van der Waals surface area contributed by atoms with E-state index in [0.29, 0.717) is 23.3 Å². The topological polar surface area (TPSA) is 44.4 Å². The zero-order valence-corrected chi connectivity index (χ0v) is 14.1. The van der Waals surface area contributed by atoms with Crippen LogP contribution in [0.15, 0.2) is 0 Å². The molecule has 2 N–H and O–H groups in total. The van der Waals surface area contributed by atoms with Crippen molar-refractivity contribution in [2.75, 3.05) is 32.7 Å². The fraction of sp³-hybridized carbons (Fsp3) is 0.941. The number of amides is 1. The van der Waals surface area contributed by atoms with Gasteiger partial charge in [-0.3, -0.25) is 4.79 Å². The monoisotopic (exact) mass is 295 g/mol. The smallest absolute Gasteiger partial charge is 0.223 e. The Morgan fingerprint density at radius 3 is 2.62 bits per heavy atom. The van der Waals surface area contributed by atoms with Crippen molar-refractivity contribution >= 4 is 5.91 Å². The third-order valence-corrected chi connectivity index (χ3v) is 5.50. The predicted molar refractivity (Wildman–Crippen MR) is 87.3 cm³/mol. The summed E-state index contributed by atoms with van der Waals surface area (Å²) in [5.74, 6) is 0.608.